The number of fused-ring (bicyclic) bond motifs is 1. The average Bonchev–Trinajstić information content (AvgIpc) is 2.65. The normalized spacial score (nSPS) is 22.2. The van der Waals surface area contributed by atoms with Crippen LogP contribution in [0.2, 0.25) is 0 Å². The summed E-state index contributed by atoms with van der Waals surface area (Å²) in [5.74, 6) is -0.0744. The van der Waals surface area contributed by atoms with Crippen LogP contribution in [0.5, 0.6) is 0 Å². The predicted octanol–water partition coefficient (Wildman–Crippen LogP) is 2.41. The minimum atomic E-state index is -0.284. The van der Waals surface area contributed by atoms with Gasteiger partial charge in [0.25, 0.3) is 0 Å². The summed E-state index contributed by atoms with van der Waals surface area (Å²) < 4.78 is 5.08. The van der Waals surface area contributed by atoms with Crippen molar-refractivity contribution in [2.24, 2.45) is 5.41 Å². The van der Waals surface area contributed by atoms with Crippen molar-refractivity contribution >= 4 is 11.9 Å². The van der Waals surface area contributed by atoms with Gasteiger partial charge in [0.05, 0.1) is 17.9 Å². The van der Waals surface area contributed by atoms with E-state index in [0.29, 0.717) is 23.6 Å². The maximum Gasteiger partial charge on any atom is 0.339 e. The SMILES string of the molecule is CCOC(=O)c1cnc2c(c1)CCN(C1CC3(CCN(C(C)=O)CC3)C1)C2. The van der Waals surface area contributed by atoms with Crippen molar-refractivity contribution in [1.82, 2.24) is 14.8 Å². The zero-order valence-electron chi connectivity index (χ0n) is 16.4. The van der Waals surface area contributed by atoms with Crippen LogP contribution in [-0.2, 0) is 22.5 Å². The standard InChI is InChI=1S/C21H29N3O3/c1-3-27-20(26)17-10-16-4-7-24(14-19(16)22-13-17)18-11-21(12-18)5-8-23(9-6-21)15(2)25/h10,13,18H,3-9,11-12,14H2,1-2H3. The van der Waals surface area contributed by atoms with Gasteiger partial charge in [-0.05, 0) is 56.1 Å². The molecule has 146 valence electrons. The van der Waals surface area contributed by atoms with E-state index in [9.17, 15) is 9.59 Å². The molecule has 0 atom stereocenters. The highest BCUT2D eigenvalue weighted by molar-refractivity contribution is 5.89. The third-order valence-electron chi connectivity index (χ3n) is 6.72. The number of piperidine rings is 1. The van der Waals surface area contributed by atoms with Crippen LogP contribution >= 0.6 is 0 Å². The zero-order valence-corrected chi connectivity index (χ0v) is 16.4. The van der Waals surface area contributed by atoms with E-state index in [-0.39, 0.29) is 11.9 Å². The van der Waals surface area contributed by atoms with Gasteiger partial charge in [0.1, 0.15) is 0 Å². The Hall–Kier alpha value is -1.95. The van der Waals surface area contributed by atoms with Crippen LogP contribution in [0.4, 0.5) is 0 Å². The Labute approximate surface area is 160 Å². The smallest absolute Gasteiger partial charge is 0.339 e. The van der Waals surface area contributed by atoms with Crippen molar-refractivity contribution in [3.05, 3.63) is 29.1 Å². The van der Waals surface area contributed by atoms with E-state index >= 15 is 0 Å². The third kappa shape index (κ3) is 3.59. The number of amides is 1. The van der Waals surface area contributed by atoms with Gasteiger partial charge in [-0.25, -0.2) is 4.79 Å². The first kappa shape index (κ1) is 18.4. The average molecular weight is 371 g/mol. The third-order valence-corrected chi connectivity index (χ3v) is 6.72. The molecule has 1 aromatic rings. The molecule has 27 heavy (non-hydrogen) atoms. The van der Waals surface area contributed by atoms with Gasteiger partial charge in [-0.3, -0.25) is 14.7 Å². The van der Waals surface area contributed by atoms with Crippen LogP contribution in [0.25, 0.3) is 0 Å². The zero-order chi connectivity index (χ0) is 19.0. The van der Waals surface area contributed by atoms with E-state index in [1.807, 2.05) is 17.9 Å². The van der Waals surface area contributed by atoms with Crippen LogP contribution in [0.3, 0.4) is 0 Å². The van der Waals surface area contributed by atoms with Crippen LogP contribution < -0.4 is 0 Å². The van der Waals surface area contributed by atoms with Crippen molar-refractivity contribution < 1.29 is 14.3 Å². The lowest BCUT2D eigenvalue weighted by molar-refractivity contribution is -0.133. The van der Waals surface area contributed by atoms with Gasteiger partial charge in [-0.15, -0.1) is 0 Å². The molecule has 1 spiro atoms. The van der Waals surface area contributed by atoms with E-state index in [1.54, 1.807) is 13.1 Å². The van der Waals surface area contributed by atoms with Crippen LogP contribution in [0.1, 0.15) is 61.1 Å². The lowest BCUT2D eigenvalue weighted by Gasteiger charge is -2.55. The topological polar surface area (TPSA) is 62.7 Å². The van der Waals surface area contributed by atoms with E-state index in [2.05, 4.69) is 9.88 Å². The van der Waals surface area contributed by atoms with E-state index in [0.717, 1.165) is 51.1 Å². The fraction of sp³-hybridized carbons (Fsp3) is 0.667. The Bertz CT molecular complexity index is 732. The van der Waals surface area contributed by atoms with Crippen molar-refractivity contribution in [1.29, 1.82) is 0 Å². The molecule has 3 heterocycles. The second-order valence-corrected chi connectivity index (χ2v) is 8.34. The Kier molecular flexibility index (Phi) is 4.93. The number of pyridine rings is 1. The number of likely N-dealkylation sites (tertiary alicyclic amines) is 1. The highest BCUT2D eigenvalue weighted by atomic mass is 16.5. The first-order chi connectivity index (χ1) is 13.0. The van der Waals surface area contributed by atoms with Crippen molar-refractivity contribution in [3.8, 4) is 0 Å². The molecule has 0 N–H and O–H groups in total. The second kappa shape index (κ2) is 7.23. The molecule has 2 fully saturated rings. The van der Waals surface area contributed by atoms with Crippen molar-refractivity contribution in [3.63, 3.8) is 0 Å². The molecule has 0 unspecified atom stereocenters. The molecule has 1 saturated heterocycles. The summed E-state index contributed by atoms with van der Waals surface area (Å²) >= 11 is 0. The number of esters is 1. The van der Waals surface area contributed by atoms with Crippen LogP contribution in [0.15, 0.2) is 12.3 Å². The number of carbonyl (C=O) groups excluding carboxylic acids is 2. The molecule has 2 aliphatic heterocycles. The summed E-state index contributed by atoms with van der Waals surface area (Å²) in [6.07, 6.45) is 7.38. The van der Waals surface area contributed by atoms with Gasteiger partial charge < -0.3 is 9.64 Å². The maximum atomic E-state index is 11.9. The largest absolute Gasteiger partial charge is 0.462 e. The first-order valence-corrected chi connectivity index (χ1v) is 10.1. The predicted molar refractivity (Wildman–Crippen MR) is 101 cm³/mol. The second-order valence-electron chi connectivity index (χ2n) is 8.34. The number of hydrogen-bond acceptors (Lipinski definition) is 5. The molecule has 1 saturated carbocycles. The highest BCUT2D eigenvalue weighted by Gasteiger charge is 2.48. The lowest BCUT2D eigenvalue weighted by Crippen LogP contribution is -2.56. The van der Waals surface area contributed by atoms with Gasteiger partial charge in [0.2, 0.25) is 5.91 Å². The highest BCUT2D eigenvalue weighted by Crippen LogP contribution is 2.51. The van der Waals surface area contributed by atoms with Gasteiger partial charge in [-0.1, -0.05) is 0 Å². The molecule has 6 heteroatoms. The van der Waals surface area contributed by atoms with Crippen LogP contribution in [-0.4, -0.2) is 58.9 Å². The molecule has 6 nitrogen and oxygen atoms in total. The fourth-order valence-corrected chi connectivity index (χ4v) is 4.97. The van der Waals surface area contributed by atoms with Gasteiger partial charge in [0.15, 0.2) is 0 Å². The summed E-state index contributed by atoms with van der Waals surface area (Å²) in [7, 11) is 0. The number of nitrogens with zero attached hydrogens (tertiary/aromatic N) is 3. The van der Waals surface area contributed by atoms with E-state index in [1.165, 1.54) is 18.4 Å². The number of aromatic nitrogens is 1. The van der Waals surface area contributed by atoms with E-state index < -0.39 is 0 Å². The van der Waals surface area contributed by atoms with Crippen molar-refractivity contribution in [2.45, 2.75) is 58.5 Å². The molecule has 1 aliphatic carbocycles. The monoisotopic (exact) mass is 371 g/mol. The molecular weight excluding hydrogens is 342 g/mol. The number of rotatable bonds is 3. The van der Waals surface area contributed by atoms with Gasteiger partial charge >= 0.3 is 5.97 Å². The molecule has 4 rings (SSSR count). The molecule has 1 aromatic heterocycles. The number of hydrogen-bond donors (Lipinski definition) is 0. The van der Waals surface area contributed by atoms with E-state index in [4.69, 9.17) is 4.74 Å². The summed E-state index contributed by atoms with van der Waals surface area (Å²) in [5, 5.41) is 0. The first-order valence-electron chi connectivity index (χ1n) is 10.1. The Balaban J connectivity index is 1.34. The number of carbonyl (C=O) groups is 2. The Morgan fingerprint density at radius 2 is 2.00 bits per heavy atom. The lowest BCUT2D eigenvalue weighted by atomic mass is 9.60. The Morgan fingerprint density at radius 1 is 1.26 bits per heavy atom. The van der Waals surface area contributed by atoms with Gasteiger partial charge in [0, 0.05) is 45.3 Å². The maximum absolute atomic E-state index is 11.9. The molecule has 0 radical (unpaired) electrons. The quantitative estimate of drug-likeness (QED) is 0.764. The van der Waals surface area contributed by atoms with Crippen LogP contribution in [0, 0.1) is 5.41 Å². The number of ether oxygens (including phenoxy) is 1. The summed E-state index contributed by atoms with van der Waals surface area (Å²) in [6.45, 7) is 7.62. The molecule has 0 aromatic carbocycles. The molecule has 1 amide bonds. The minimum absolute atomic E-state index is 0.210. The molecule has 3 aliphatic rings. The Morgan fingerprint density at radius 3 is 2.67 bits per heavy atom. The van der Waals surface area contributed by atoms with Gasteiger partial charge in [-0.2, -0.15) is 0 Å². The molecular formula is C21H29N3O3. The summed E-state index contributed by atoms with van der Waals surface area (Å²) in [5.41, 5.74) is 3.30. The summed E-state index contributed by atoms with van der Waals surface area (Å²) in [6, 6.07) is 2.59. The molecule has 0 bridgehead atoms. The summed E-state index contributed by atoms with van der Waals surface area (Å²) in [4.78, 5) is 32.5. The fourth-order valence-electron chi connectivity index (χ4n) is 4.97. The minimum Gasteiger partial charge on any atom is -0.462 e. The van der Waals surface area contributed by atoms with Crippen molar-refractivity contribution in [2.75, 3.05) is 26.2 Å².